The van der Waals surface area contributed by atoms with Crippen molar-refractivity contribution < 1.29 is 4.74 Å². The zero-order valence-electron chi connectivity index (χ0n) is 12.2. The molecule has 1 aromatic heterocycles. The second-order valence-electron chi connectivity index (χ2n) is 6.79. The van der Waals surface area contributed by atoms with Gasteiger partial charge in [0.1, 0.15) is 0 Å². The number of nitrogens with one attached hydrogen (secondary N) is 1. The van der Waals surface area contributed by atoms with Crippen molar-refractivity contribution in [1.29, 1.82) is 0 Å². The molecule has 1 saturated heterocycles. The van der Waals surface area contributed by atoms with Gasteiger partial charge in [0.25, 0.3) is 0 Å². The van der Waals surface area contributed by atoms with E-state index < -0.39 is 0 Å². The van der Waals surface area contributed by atoms with Crippen LogP contribution in [0.3, 0.4) is 0 Å². The number of aromatic nitrogens is 1. The van der Waals surface area contributed by atoms with E-state index >= 15 is 0 Å². The van der Waals surface area contributed by atoms with Crippen LogP contribution in [0.5, 0.6) is 0 Å². The van der Waals surface area contributed by atoms with Crippen molar-refractivity contribution in [2.75, 3.05) is 13.2 Å². The molecule has 3 rings (SSSR count). The molecule has 0 amide bonds. The molecule has 19 heavy (non-hydrogen) atoms. The lowest BCUT2D eigenvalue weighted by atomic mass is 9.91. The minimum Gasteiger partial charge on any atom is -0.381 e. The molecule has 2 heterocycles. The third-order valence-electron chi connectivity index (χ3n) is 3.83. The molecular formula is C15H24N2OS. The first-order valence-corrected chi connectivity index (χ1v) is 8.17. The minimum absolute atomic E-state index is 0.134. The van der Waals surface area contributed by atoms with Gasteiger partial charge in [0.2, 0.25) is 0 Å². The summed E-state index contributed by atoms with van der Waals surface area (Å²) in [5.41, 5.74) is 1.42. The minimum atomic E-state index is 0.134. The summed E-state index contributed by atoms with van der Waals surface area (Å²) in [6.07, 6.45) is 3.81. The largest absolute Gasteiger partial charge is 0.381 e. The Hall–Kier alpha value is -0.450. The molecule has 1 N–H and O–H groups in total. The highest BCUT2D eigenvalue weighted by Gasteiger charge is 2.29. The molecule has 3 nitrogen and oxygen atoms in total. The summed E-state index contributed by atoms with van der Waals surface area (Å²) in [6, 6.07) is 0.758. The maximum absolute atomic E-state index is 5.51. The highest BCUT2D eigenvalue weighted by atomic mass is 32.1. The van der Waals surface area contributed by atoms with Crippen molar-refractivity contribution in [3.8, 4) is 0 Å². The second kappa shape index (κ2) is 5.15. The third kappa shape index (κ3) is 3.18. The average Bonchev–Trinajstić information content (AvgIpc) is 2.87. The molecule has 106 valence electrons. The van der Waals surface area contributed by atoms with E-state index in [-0.39, 0.29) is 5.41 Å². The van der Waals surface area contributed by atoms with Gasteiger partial charge in [0, 0.05) is 35.4 Å². The molecule has 0 aromatic carbocycles. The van der Waals surface area contributed by atoms with Crippen LogP contribution in [0, 0.1) is 0 Å². The van der Waals surface area contributed by atoms with E-state index in [1.807, 2.05) is 11.3 Å². The zero-order chi connectivity index (χ0) is 13.5. The first kappa shape index (κ1) is 13.5. The zero-order valence-corrected chi connectivity index (χ0v) is 13.0. The van der Waals surface area contributed by atoms with E-state index in [0.717, 1.165) is 32.2 Å². The van der Waals surface area contributed by atoms with Crippen LogP contribution in [0.2, 0.25) is 0 Å². The van der Waals surface area contributed by atoms with Crippen molar-refractivity contribution in [2.45, 2.75) is 64.0 Å². The Morgan fingerprint density at radius 2 is 2.11 bits per heavy atom. The first-order valence-electron chi connectivity index (χ1n) is 7.35. The Bertz CT molecular complexity index is 439. The number of rotatable bonds is 4. The van der Waals surface area contributed by atoms with Gasteiger partial charge in [-0.15, -0.1) is 11.3 Å². The fourth-order valence-corrected chi connectivity index (χ4v) is 3.85. The van der Waals surface area contributed by atoms with Gasteiger partial charge < -0.3 is 10.1 Å². The van der Waals surface area contributed by atoms with Crippen LogP contribution in [0.1, 0.15) is 61.5 Å². The van der Waals surface area contributed by atoms with Crippen LogP contribution in [0.25, 0.3) is 0 Å². The highest BCUT2D eigenvalue weighted by Crippen LogP contribution is 2.35. The molecule has 0 spiro atoms. The molecule has 0 radical (unpaired) electrons. The van der Waals surface area contributed by atoms with Crippen LogP contribution in [0.15, 0.2) is 0 Å². The SMILES string of the molecule is CC(C)(C)c1nc(C2CCOC2)sc1CNC1CC1. The van der Waals surface area contributed by atoms with Crippen LogP contribution < -0.4 is 5.32 Å². The quantitative estimate of drug-likeness (QED) is 0.919. The normalized spacial score (nSPS) is 24.1. The van der Waals surface area contributed by atoms with Gasteiger partial charge in [-0.2, -0.15) is 0 Å². The number of thiazole rings is 1. The summed E-state index contributed by atoms with van der Waals surface area (Å²) in [6.45, 7) is 9.52. The van der Waals surface area contributed by atoms with Crippen molar-refractivity contribution in [2.24, 2.45) is 0 Å². The fraction of sp³-hybridized carbons (Fsp3) is 0.800. The number of nitrogens with zero attached hydrogens (tertiary/aromatic N) is 1. The van der Waals surface area contributed by atoms with Crippen LogP contribution >= 0.6 is 11.3 Å². The van der Waals surface area contributed by atoms with Gasteiger partial charge >= 0.3 is 0 Å². The standard InChI is InChI=1S/C15H24N2OS/c1-15(2,3)13-12(8-16-11-4-5-11)19-14(17-13)10-6-7-18-9-10/h10-11,16H,4-9H2,1-3H3. The van der Waals surface area contributed by atoms with E-state index in [9.17, 15) is 0 Å². The van der Waals surface area contributed by atoms with Crippen molar-refractivity contribution in [1.82, 2.24) is 10.3 Å². The van der Waals surface area contributed by atoms with Gasteiger partial charge in [-0.25, -0.2) is 4.98 Å². The fourth-order valence-electron chi connectivity index (χ4n) is 2.50. The Labute approximate surface area is 119 Å². The van der Waals surface area contributed by atoms with Gasteiger partial charge in [-0.05, 0) is 19.3 Å². The van der Waals surface area contributed by atoms with Crippen molar-refractivity contribution in [3.05, 3.63) is 15.6 Å². The number of hydrogen-bond acceptors (Lipinski definition) is 4. The lowest BCUT2D eigenvalue weighted by Gasteiger charge is -2.17. The Morgan fingerprint density at radius 3 is 2.68 bits per heavy atom. The molecule has 0 bridgehead atoms. The Balaban J connectivity index is 1.81. The Kier molecular flexibility index (Phi) is 3.67. The topological polar surface area (TPSA) is 34.1 Å². The van der Waals surface area contributed by atoms with E-state index in [0.29, 0.717) is 5.92 Å². The summed E-state index contributed by atoms with van der Waals surface area (Å²) in [4.78, 5) is 6.39. The summed E-state index contributed by atoms with van der Waals surface area (Å²) in [5.74, 6) is 0.528. The molecule has 1 aliphatic carbocycles. The van der Waals surface area contributed by atoms with Crippen LogP contribution in [-0.4, -0.2) is 24.2 Å². The van der Waals surface area contributed by atoms with E-state index in [4.69, 9.17) is 9.72 Å². The molecule has 1 aromatic rings. The van der Waals surface area contributed by atoms with E-state index in [1.54, 1.807) is 0 Å². The van der Waals surface area contributed by atoms with Gasteiger partial charge in [-0.3, -0.25) is 0 Å². The van der Waals surface area contributed by atoms with Crippen LogP contribution in [-0.2, 0) is 16.7 Å². The first-order chi connectivity index (χ1) is 9.04. The van der Waals surface area contributed by atoms with E-state index in [1.165, 1.54) is 28.4 Å². The number of hydrogen-bond donors (Lipinski definition) is 1. The molecule has 2 fully saturated rings. The van der Waals surface area contributed by atoms with Gasteiger partial charge in [0.15, 0.2) is 0 Å². The highest BCUT2D eigenvalue weighted by molar-refractivity contribution is 7.11. The maximum atomic E-state index is 5.51. The second-order valence-corrected chi connectivity index (χ2v) is 7.90. The average molecular weight is 280 g/mol. The maximum Gasteiger partial charge on any atom is 0.0986 e. The van der Waals surface area contributed by atoms with Crippen LogP contribution in [0.4, 0.5) is 0 Å². The van der Waals surface area contributed by atoms with Crippen molar-refractivity contribution >= 4 is 11.3 Å². The molecule has 1 unspecified atom stereocenters. The lowest BCUT2D eigenvalue weighted by Crippen LogP contribution is -2.20. The number of ether oxygens (including phenoxy) is 1. The summed E-state index contributed by atoms with van der Waals surface area (Å²) in [5, 5.41) is 4.92. The summed E-state index contributed by atoms with van der Waals surface area (Å²) < 4.78 is 5.51. The third-order valence-corrected chi connectivity index (χ3v) is 5.05. The summed E-state index contributed by atoms with van der Waals surface area (Å²) in [7, 11) is 0. The smallest absolute Gasteiger partial charge is 0.0986 e. The predicted molar refractivity (Wildman–Crippen MR) is 78.9 cm³/mol. The monoisotopic (exact) mass is 280 g/mol. The Morgan fingerprint density at radius 1 is 1.32 bits per heavy atom. The molecule has 1 aliphatic heterocycles. The molecular weight excluding hydrogens is 256 g/mol. The molecule has 1 saturated carbocycles. The predicted octanol–water partition coefficient (Wildman–Crippen LogP) is 3.20. The van der Waals surface area contributed by atoms with Gasteiger partial charge in [0.05, 0.1) is 17.3 Å². The molecule has 4 heteroatoms. The molecule has 1 atom stereocenters. The van der Waals surface area contributed by atoms with Crippen molar-refractivity contribution in [3.63, 3.8) is 0 Å². The summed E-state index contributed by atoms with van der Waals surface area (Å²) >= 11 is 1.90. The molecule has 2 aliphatic rings. The van der Waals surface area contributed by atoms with E-state index in [2.05, 4.69) is 26.1 Å². The van der Waals surface area contributed by atoms with Gasteiger partial charge in [-0.1, -0.05) is 20.8 Å². The lowest BCUT2D eigenvalue weighted by molar-refractivity contribution is 0.194.